The molecule has 0 spiro atoms. The molecule has 1 fully saturated rings. The van der Waals surface area contributed by atoms with Gasteiger partial charge >= 0.3 is 0 Å². The first-order valence-electron chi connectivity index (χ1n) is 8.35. The van der Waals surface area contributed by atoms with Crippen LogP contribution >= 0.6 is 0 Å². The Morgan fingerprint density at radius 3 is 2.07 bits per heavy atom. The second kappa shape index (κ2) is 7.65. The number of nitrogens with one attached hydrogen (secondary N) is 1. The summed E-state index contributed by atoms with van der Waals surface area (Å²) in [6.45, 7) is 0.348. The second-order valence-electron chi connectivity index (χ2n) is 6.55. The lowest BCUT2D eigenvalue weighted by Gasteiger charge is -2.20. The van der Waals surface area contributed by atoms with Crippen LogP contribution in [0.5, 0.6) is 0 Å². The van der Waals surface area contributed by atoms with Crippen molar-refractivity contribution in [2.45, 2.75) is 22.6 Å². The Balaban J connectivity index is 1.74. The van der Waals surface area contributed by atoms with Crippen molar-refractivity contribution in [3.8, 4) is 0 Å². The fourth-order valence-corrected chi connectivity index (χ4v) is 7.88. The Labute approximate surface area is 157 Å². The summed E-state index contributed by atoms with van der Waals surface area (Å²) in [5, 5.41) is 1.87. The van der Waals surface area contributed by atoms with E-state index in [9.17, 15) is 25.6 Å². The highest BCUT2D eigenvalue weighted by atomic mass is 32.2. The molecule has 2 aromatic carbocycles. The number of hydrogen-bond donors (Lipinski definition) is 1. The average Bonchev–Trinajstić information content (AvgIpc) is 2.92. The minimum Gasteiger partial charge on any atom is -0.311 e. The molecule has 1 saturated heterocycles. The highest BCUT2D eigenvalue weighted by Gasteiger charge is 2.45. The standard InChI is InChI=1S/C18H19F2NO4S2/c19-14-3-1-13(2-4-14)9-10-21-17-11-26(22,23)12-18(17)27(24,25)16-7-5-15(20)6-8-16/h1-8,17-18,21H,9-12H2. The van der Waals surface area contributed by atoms with Crippen LogP contribution in [0.3, 0.4) is 0 Å². The van der Waals surface area contributed by atoms with Gasteiger partial charge in [-0.2, -0.15) is 0 Å². The van der Waals surface area contributed by atoms with E-state index in [1.54, 1.807) is 12.1 Å². The zero-order valence-corrected chi connectivity index (χ0v) is 15.9. The monoisotopic (exact) mass is 415 g/mol. The minimum atomic E-state index is -3.93. The summed E-state index contributed by atoms with van der Waals surface area (Å²) in [7, 11) is -7.44. The SMILES string of the molecule is O=S1(=O)CC(NCCc2ccc(F)cc2)C(S(=O)(=O)c2ccc(F)cc2)C1. The molecular formula is C18H19F2NO4S2. The van der Waals surface area contributed by atoms with Crippen LogP contribution in [-0.2, 0) is 26.1 Å². The molecule has 0 radical (unpaired) electrons. The predicted octanol–water partition coefficient (Wildman–Crippen LogP) is 1.74. The highest BCUT2D eigenvalue weighted by molar-refractivity contribution is 7.96. The molecule has 0 aliphatic carbocycles. The van der Waals surface area contributed by atoms with Crippen molar-refractivity contribution in [1.82, 2.24) is 5.32 Å². The van der Waals surface area contributed by atoms with Crippen LogP contribution < -0.4 is 5.32 Å². The molecule has 2 aromatic rings. The van der Waals surface area contributed by atoms with Gasteiger partial charge in [-0.15, -0.1) is 0 Å². The number of rotatable bonds is 6. The lowest BCUT2D eigenvalue weighted by molar-refractivity contribution is 0.528. The fourth-order valence-electron chi connectivity index (χ4n) is 3.16. The molecule has 146 valence electrons. The Morgan fingerprint density at radius 1 is 0.926 bits per heavy atom. The molecule has 1 N–H and O–H groups in total. The first-order chi connectivity index (χ1) is 12.7. The van der Waals surface area contributed by atoms with E-state index in [1.165, 1.54) is 12.1 Å². The van der Waals surface area contributed by atoms with Gasteiger partial charge in [-0.25, -0.2) is 25.6 Å². The van der Waals surface area contributed by atoms with Crippen molar-refractivity contribution in [1.29, 1.82) is 0 Å². The number of sulfone groups is 2. The van der Waals surface area contributed by atoms with Crippen molar-refractivity contribution >= 4 is 19.7 Å². The smallest absolute Gasteiger partial charge is 0.183 e. The van der Waals surface area contributed by atoms with Gasteiger partial charge in [0.2, 0.25) is 0 Å². The molecule has 0 aromatic heterocycles. The van der Waals surface area contributed by atoms with E-state index in [-0.39, 0.29) is 16.5 Å². The van der Waals surface area contributed by atoms with Gasteiger partial charge < -0.3 is 5.32 Å². The summed E-state index contributed by atoms with van der Waals surface area (Å²) in [6, 6.07) is 9.50. The lowest BCUT2D eigenvalue weighted by atomic mass is 10.1. The molecule has 3 rings (SSSR count). The maximum atomic E-state index is 13.1. The third-order valence-electron chi connectivity index (χ3n) is 4.57. The van der Waals surface area contributed by atoms with E-state index in [1.807, 2.05) is 0 Å². The van der Waals surface area contributed by atoms with Crippen molar-refractivity contribution < 1.29 is 25.6 Å². The van der Waals surface area contributed by atoms with E-state index in [2.05, 4.69) is 5.32 Å². The average molecular weight is 415 g/mol. The van der Waals surface area contributed by atoms with E-state index >= 15 is 0 Å². The normalized spacial score (nSPS) is 22.0. The zero-order valence-electron chi connectivity index (χ0n) is 14.3. The molecule has 0 amide bonds. The third kappa shape index (κ3) is 4.72. The molecule has 0 saturated carbocycles. The van der Waals surface area contributed by atoms with Crippen LogP contribution in [0.25, 0.3) is 0 Å². The van der Waals surface area contributed by atoms with Crippen molar-refractivity contribution in [2.75, 3.05) is 18.1 Å². The van der Waals surface area contributed by atoms with Gasteiger partial charge in [0.25, 0.3) is 0 Å². The molecule has 2 unspecified atom stereocenters. The number of benzene rings is 2. The van der Waals surface area contributed by atoms with Gasteiger partial charge in [-0.05, 0) is 54.9 Å². The van der Waals surface area contributed by atoms with Crippen molar-refractivity contribution in [2.24, 2.45) is 0 Å². The van der Waals surface area contributed by atoms with Gasteiger partial charge in [0.15, 0.2) is 19.7 Å². The first kappa shape index (κ1) is 19.9. The van der Waals surface area contributed by atoms with Gasteiger partial charge in [0.1, 0.15) is 11.6 Å². The second-order valence-corrected chi connectivity index (χ2v) is 10.9. The van der Waals surface area contributed by atoms with Crippen molar-refractivity contribution in [3.05, 3.63) is 65.7 Å². The molecule has 27 heavy (non-hydrogen) atoms. The molecule has 2 atom stereocenters. The Bertz CT molecular complexity index is 1000. The Kier molecular flexibility index (Phi) is 5.64. The van der Waals surface area contributed by atoms with E-state index in [4.69, 9.17) is 0 Å². The lowest BCUT2D eigenvalue weighted by Crippen LogP contribution is -2.44. The van der Waals surface area contributed by atoms with Crippen LogP contribution in [0.4, 0.5) is 8.78 Å². The van der Waals surface area contributed by atoms with Crippen molar-refractivity contribution in [3.63, 3.8) is 0 Å². The van der Waals surface area contributed by atoms with Crippen LogP contribution in [-0.4, -0.2) is 46.2 Å². The van der Waals surface area contributed by atoms with Crippen LogP contribution in [0.15, 0.2) is 53.4 Å². The van der Waals surface area contributed by atoms with Gasteiger partial charge in [-0.3, -0.25) is 0 Å². The largest absolute Gasteiger partial charge is 0.311 e. The van der Waals surface area contributed by atoms with Gasteiger partial charge in [0.05, 0.1) is 21.7 Å². The van der Waals surface area contributed by atoms with Crippen LogP contribution in [0, 0.1) is 11.6 Å². The summed E-state index contributed by atoms with van der Waals surface area (Å²) in [4.78, 5) is -0.101. The summed E-state index contributed by atoms with van der Waals surface area (Å²) in [5.41, 5.74) is 0.850. The summed E-state index contributed by atoms with van der Waals surface area (Å²) in [6.07, 6.45) is 0.500. The maximum Gasteiger partial charge on any atom is 0.183 e. The number of hydrogen-bond acceptors (Lipinski definition) is 5. The van der Waals surface area contributed by atoms with Gasteiger partial charge in [0, 0.05) is 6.04 Å². The maximum absolute atomic E-state index is 13.1. The topological polar surface area (TPSA) is 80.3 Å². The molecular weight excluding hydrogens is 396 g/mol. The summed E-state index contributed by atoms with van der Waals surface area (Å²) >= 11 is 0. The van der Waals surface area contributed by atoms with E-state index in [0.717, 1.165) is 29.8 Å². The molecule has 5 nitrogen and oxygen atoms in total. The molecule has 9 heteroatoms. The molecule has 0 bridgehead atoms. The predicted molar refractivity (Wildman–Crippen MR) is 97.9 cm³/mol. The Morgan fingerprint density at radius 2 is 1.48 bits per heavy atom. The Hall–Kier alpha value is -1.84. The summed E-state index contributed by atoms with van der Waals surface area (Å²) in [5.74, 6) is -1.66. The summed E-state index contributed by atoms with van der Waals surface area (Å²) < 4.78 is 75.8. The molecule has 1 heterocycles. The van der Waals surface area contributed by atoms with Crippen LogP contribution in [0.1, 0.15) is 5.56 Å². The molecule has 1 aliphatic heterocycles. The molecule has 1 aliphatic rings. The highest BCUT2D eigenvalue weighted by Crippen LogP contribution is 2.26. The van der Waals surface area contributed by atoms with E-state index in [0.29, 0.717) is 13.0 Å². The zero-order chi connectivity index (χ0) is 19.7. The quantitative estimate of drug-likeness (QED) is 0.727. The third-order valence-corrected chi connectivity index (χ3v) is 8.74. The fraction of sp³-hybridized carbons (Fsp3) is 0.333. The minimum absolute atomic E-state index is 0.101. The van der Waals surface area contributed by atoms with Gasteiger partial charge in [-0.1, -0.05) is 12.1 Å². The number of halogens is 2. The van der Waals surface area contributed by atoms with E-state index < -0.39 is 42.5 Å². The first-order valence-corrected chi connectivity index (χ1v) is 11.7. The van der Waals surface area contributed by atoms with Crippen LogP contribution in [0.2, 0.25) is 0 Å².